The third kappa shape index (κ3) is 2.65. The highest BCUT2D eigenvalue weighted by Crippen LogP contribution is 2.22. The molecule has 72 valence electrons. The van der Waals surface area contributed by atoms with Crippen molar-refractivity contribution < 1.29 is 4.74 Å². The summed E-state index contributed by atoms with van der Waals surface area (Å²) in [5, 5.41) is 0. The summed E-state index contributed by atoms with van der Waals surface area (Å²) in [5.41, 5.74) is 7.72. The molecule has 0 amide bonds. The van der Waals surface area contributed by atoms with Crippen molar-refractivity contribution >= 4 is 5.69 Å². The molecule has 1 aromatic rings. The van der Waals surface area contributed by atoms with Gasteiger partial charge in [-0.2, -0.15) is 0 Å². The van der Waals surface area contributed by atoms with Crippen LogP contribution >= 0.6 is 0 Å². The number of hydrogen-bond donors (Lipinski definition) is 1. The fourth-order valence-corrected chi connectivity index (χ4v) is 1.36. The molecule has 1 aromatic carbocycles. The van der Waals surface area contributed by atoms with Gasteiger partial charge in [0.15, 0.2) is 0 Å². The first-order valence-corrected chi connectivity index (χ1v) is 4.70. The van der Waals surface area contributed by atoms with Crippen molar-refractivity contribution in [3.8, 4) is 5.75 Å². The second-order valence-electron chi connectivity index (χ2n) is 3.17. The zero-order valence-electron chi connectivity index (χ0n) is 8.34. The highest BCUT2D eigenvalue weighted by molar-refractivity contribution is 5.47. The normalized spacial score (nSPS) is 10.0. The van der Waals surface area contributed by atoms with Crippen LogP contribution in [0, 0.1) is 0 Å². The molecular weight excluding hydrogens is 162 g/mol. The molecule has 13 heavy (non-hydrogen) atoms. The summed E-state index contributed by atoms with van der Waals surface area (Å²) in [6, 6.07) is 5.79. The molecule has 2 nitrogen and oxygen atoms in total. The van der Waals surface area contributed by atoms with Crippen molar-refractivity contribution in [2.24, 2.45) is 0 Å². The number of nitrogen functional groups attached to an aromatic ring is 1. The minimum Gasteiger partial charge on any atom is -0.496 e. The van der Waals surface area contributed by atoms with E-state index in [9.17, 15) is 0 Å². The van der Waals surface area contributed by atoms with Crippen LogP contribution in [0.1, 0.15) is 25.3 Å². The second kappa shape index (κ2) is 4.75. The Morgan fingerprint density at radius 2 is 2.15 bits per heavy atom. The number of unbranched alkanes of at least 4 members (excludes halogenated alkanes) is 1. The van der Waals surface area contributed by atoms with E-state index in [1.807, 2.05) is 18.2 Å². The first-order chi connectivity index (χ1) is 6.27. The van der Waals surface area contributed by atoms with Gasteiger partial charge in [-0.25, -0.2) is 0 Å². The minimum atomic E-state index is 0.812. The van der Waals surface area contributed by atoms with E-state index < -0.39 is 0 Å². The van der Waals surface area contributed by atoms with E-state index in [0.29, 0.717) is 0 Å². The van der Waals surface area contributed by atoms with Gasteiger partial charge in [-0.3, -0.25) is 0 Å². The Morgan fingerprint density at radius 3 is 2.77 bits per heavy atom. The fourth-order valence-electron chi connectivity index (χ4n) is 1.36. The number of nitrogens with two attached hydrogens (primary N) is 1. The van der Waals surface area contributed by atoms with Crippen LogP contribution in [0.2, 0.25) is 0 Å². The molecule has 0 saturated heterocycles. The first-order valence-electron chi connectivity index (χ1n) is 4.70. The number of aryl methyl sites for hydroxylation is 1. The van der Waals surface area contributed by atoms with Gasteiger partial charge in [-0.1, -0.05) is 13.3 Å². The summed E-state index contributed by atoms with van der Waals surface area (Å²) in [7, 11) is 1.70. The topological polar surface area (TPSA) is 35.2 Å². The van der Waals surface area contributed by atoms with Crippen molar-refractivity contribution in [2.45, 2.75) is 26.2 Å². The monoisotopic (exact) mass is 179 g/mol. The van der Waals surface area contributed by atoms with Crippen molar-refractivity contribution in [1.82, 2.24) is 0 Å². The average Bonchev–Trinajstić information content (AvgIpc) is 2.15. The molecule has 0 heterocycles. The van der Waals surface area contributed by atoms with Gasteiger partial charge in [-0.05, 0) is 36.6 Å². The standard InChI is InChI=1S/C11H17NO/c1-3-4-5-9-8-10(12)6-7-11(9)13-2/h6-8H,3-5,12H2,1-2H3. The van der Waals surface area contributed by atoms with Gasteiger partial charge in [0.05, 0.1) is 7.11 Å². The van der Waals surface area contributed by atoms with E-state index in [0.717, 1.165) is 17.9 Å². The van der Waals surface area contributed by atoms with Crippen LogP contribution in [0.4, 0.5) is 5.69 Å². The summed E-state index contributed by atoms with van der Waals surface area (Å²) < 4.78 is 5.24. The Morgan fingerprint density at radius 1 is 1.38 bits per heavy atom. The van der Waals surface area contributed by atoms with E-state index in [4.69, 9.17) is 10.5 Å². The number of ether oxygens (including phenoxy) is 1. The molecule has 0 fully saturated rings. The molecule has 0 aromatic heterocycles. The van der Waals surface area contributed by atoms with E-state index in [2.05, 4.69) is 6.92 Å². The highest BCUT2D eigenvalue weighted by atomic mass is 16.5. The number of hydrogen-bond acceptors (Lipinski definition) is 2. The van der Waals surface area contributed by atoms with Crippen molar-refractivity contribution in [3.63, 3.8) is 0 Å². The number of anilines is 1. The Hall–Kier alpha value is -1.18. The predicted molar refractivity (Wildman–Crippen MR) is 56.0 cm³/mol. The lowest BCUT2D eigenvalue weighted by molar-refractivity contribution is 0.409. The first kappa shape index (κ1) is 9.90. The molecule has 0 aliphatic rings. The quantitative estimate of drug-likeness (QED) is 0.721. The molecule has 1 rings (SSSR count). The Kier molecular flexibility index (Phi) is 3.62. The van der Waals surface area contributed by atoms with E-state index in [1.54, 1.807) is 7.11 Å². The van der Waals surface area contributed by atoms with Crippen molar-refractivity contribution in [3.05, 3.63) is 23.8 Å². The Labute approximate surface area is 79.7 Å². The van der Waals surface area contributed by atoms with Gasteiger partial charge < -0.3 is 10.5 Å². The largest absolute Gasteiger partial charge is 0.496 e. The van der Waals surface area contributed by atoms with Crippen LogP contribution in [-0.4, -0.2) is 7.11 Å². The lowest BCUT2D eigenvalue weighted by atomic mass is 10.1. The molecule has 0 bridgehead atoms. The van der Waals surface area contributed by atoms with Gasteiger partial charge in [0.1, 0.15) is 5.75 Å². The smallest absolute Gasteiger partial charge is 0.122 e. The molecule has 0 aliphatic carbocycles. The highest BCUT2D eigenvalue weighted by Gasteiger charge is 2.01. The summed E-state index contributed by atoms with van der Waals surface area (Å²) in [4.78, 5) is 0. The van der Waals surface area contributed by atoms with Gasteiger partial charge in [0.2, 0.25) is 0 Å². The molecule has 0 aliphatic heterocycles. The number of methoxy groups -OCH3 is 1. The Bertz CT molecular complexity index is 271. The van der Waals surface area contributed by atoms with Crippen molar-refractivity contribution in [2.75, 3.05) is 12.8 Å². The van der Waals surface area contributed by atoms with Crippen LogP contribution in [0.3, 0.4) is 0 Å². The van der Waals surface area contributed by atoms with Crippen molar-refractivity contribution in [1.29, 1.82) is 0 Å². The zero-order valence-corrected chi connectivity index (χ0v) is 8.34. The lowest BCUT2D eigenvalue weighted by Crippen LogP contribution is -1.94. The van der Waals surface area contributed by atoms with Crippen LogP contribution in [0.15, 0.2) is 18.2 Å². The summed E-state index contributed by atoms with van der Waals surface area (Å²) in [5.74, 6) is 0.947. The molecule has 2 N–H and O–H groups in total. The van der Waals surface area contributed by atoms with Crippen LogP contribution in [-0.2, 0) is 6.42 Å². The SMILES string of the molecule is CCCCc1cc(N)ccc1OC. The summed E-state index contributed by atoms with van der Waals surface area (Å²) in [6.07, 6.45) is 3.42. The van der Waals surface area contributed by atoms with E-state index in [-0.39, 0.29) is 0 Å². The van der Waals surface area contributed by atoms with Gasteiger partial charge in [-0.15, -0.1) is 0 Å². The van der Waals surface area contributed by atoms with E-state index >= 15 is 0 Å². The number of rotatable bonds is 4. The predicted octanol–water partition coefficient (Wildman–Crippen LogP) is 2.62. The maximum absolute atomic E-state index is 5.70. The molecule has 0 saturated carbocycles. The fraction of sp³-hybridized carbons (Fsp3) is 0.455. The molecule has 0 radical (unpaired) electrons. The molecule has 0 unspecified atom stereocenters. The lowest BCUT2D eigenvalue weighted by Gasteiger charge is -2.08. The molecule has 0 spiro atoms. The molecule has 0 atom stereocenters. The van der Waals surface area contributed by atoms with Gasteiger partial charge >= 0.3 is 0 Å². The Balaban J connectivity index is 2.81. The van der Waals surface area contributed by atoms with Crippen LogP contribution in [0.25, 0.3) is 0 Å². The molecule has 2 heteroatoms. The van der Waals surface area contributed by atoms with Crippen LogP contribution in [0.5, 0.6) is 5.75 Å². The van der Waals surface area contributed by atoms with Gasteiger partial charge in [0, 0.05) is 5.69 Å². The third-order valence-corrected chi connectivity index (χ3v) is 2.10. The summed E-state index contributed by atoms with van der Waals surface area (Å²) in [6.45, 7) is 2.18. The van der Waals surface area contributed by atoms with Crippen LogP contribution < -0.4 is 10.5 Å². The van der Waals surface area contributed by atoms with Gasteiger partial charge in [0.25, 0.3) is 0 Å². The maximum Gasteiger partial charge on any atom is 0.122 e. The average molecular weight is 179 g/mol. The van der Waals surface area contributed by atoms with E-state index in [1.165, 1.54) is 18.4 Å². The molecular formula is C11H17NO. The third-order valence-electron chi connectivity index (χ3n) is 2.10. The number of benzene rings is 1. The zero-order chi connectivity index (χ0) is 9.68. The second-order valence-corrected chi connectivity index (χ2v) is 3.17. The maximum atomic E-state index is 5.70. The minimum absolute atomic E-state index is 0.812. The summed E-state index contributed by atoms with van der Waals surface area (Å²) >= 11 is 0.